The summed E-state index contributed by atoms with van der Waals surface area (Å²) in [7, 11) is 0. The van der Waals surface area contributed by atoms with E-state index in [0.717, 1.165) is 82.8 Å². The highest BCUT2D eigenvalue weighted by atomic mass is 15.0. The van der Waals surface area contributed by atoms with Gasteiger partial charge in [0.05, 0.1) is 51.3 Å². The van der Waals surface area contributed by atoms with Crippen molar-refractivity contribution in [2.24, 2.45) is 0 Å². The molecule has 3 heterocycles. The summed E-state index contributed by atoms with van der Waals surface area (Å²) in [5.41, 5.74) is 13.2. The molecule has 0 aliphatic heterocycles. The first-order valence-electron chi connectivity index (χ1n) is 18.3. The number of nitrogens with zero attached hydrogens (tertiary/aromatic N) is 5. The van der Waals surface area contributed by atoms with Crippen LogP contribution in [0.2, 0.25) is 0 Å². The highest BCUT2D eigenvalue weighted by Crippen LogP contribution is 2.43. The Hall–Kier alpha value is -7.86. The molecule has 3 aromatic heterocycles. The maximum Gasteiger partial charge on any atom is 0.188 e. The number of aromatic nitrogens is 3. The number of hydrogen-bond acceptors (Lipinski definition) is 1. The van der Waals surface area contributed by atoms with Gasteiger partial charge in [0.25, 0.3) is 0 Å². The third-order valence-electron chi connectivity index (χ3n) is 11.0. The van der Waals surface area contributed by atoms with Crippen LogP contribution in [0.4, 0.5) is 5.69 Å². The van der Waals surface area contributed by atoms with Gasteiger partial charge in [0.2, 0.25) is 0 Å². The monoisotopic (exact) mass is 699 g/mol. The van der Waals surface area contributed by atoms with Crippen molar-refractivity contribution < 1.29 is 0 Å². The molecule has 0 unspecified atom stereocenters. The lowest BCUT2D eigenvalue weighted by Gasteiger charge is -2.13. The zero-order valence-corrected chi connectivity index (χ0v) is 29.5. The number of benzene rings is 8. The van der Waals surface area contributed by atoms with Crippen LogP contribution >= 0.6 is 0 Å². The number of hydrogen-bond donors (Lipinski definition) is 0. The maximum atomic E-state index is 9.65. The Labute approximate surface area is 316 Å². The lowest BCUT2D eigenvalue weighted by Crippen LogP contribution is -1.96. The summed E-state index contributed by atoms with van der Waals surface area (Å²) in [6.45, 7) is 7.92. The van der Waals surface area contributed by atoms with E-state index in [-0.39, 0.29) is 0 Å². The molecule has 0 bridgehead atoms. The first kappa shape index (κ1) is 30.7. The minimum Gasteiger partial charge on any atom is -0.309 e. The van der Waals surface area contributed by atoms with Crippen molar-refractivity contribution in [1.29, 1.82) is 5.26 Å². The summed E-state index contributed by atoms with van der Waals surface area (Å²) in [5, 5.41) is 16.4. The lowest BCUT2D eigenvalue weighted by atomic mass is 10.0. The minimum atomic E-state index is 0.616. The Bertz CT molecular complexity index is 3450. The van der Waals surface area contributed by atoms with Crippen LogP contribution in [0.3, 0.4) is 0 Å². The Morgan fingerprint density at radius 2 is 0.982 bits per heavy atom. The van der Waals surface area contributed by atoms with Crippen molar-refractivity contribution in [2.45, 2.75) is 0 Å². The molecule has 11 rings (SSSR count). The second-order valence-electron chi connectivity index (χ2n) is 14.0. The van der Waals surface area contributed by atoms with Crippen LogP contribution in [0.25, 0.3) is 98.5 Å². The second-order valence-corrected chi connectivity index (χ2v) is 14.0. The number of para-hydroxylation sites is 3. The fourth-order valence-corrected chi connectivity index (χ4v) is 8.71. The predicted octanol–water partition coefficient (Wildman–Crippen LogP) is 13.1. The summed E-state index contributed by atoms with van der Waals surface area (Å²) in [6, 6.07) is 63.8. The van der Waals surface area contributed by atoms with E-state index in [2.05, 4.69) is 176 Å². The molecule has 0 saturated carbocycles. The van der Waals surface area contributed by atoms with Gasteiger partial charge in [-0.3, -0.25) is 0 Å². The normalized spacial score (nSPS) is 11.6. The summed E-state index contributed by atoms with van der Waals surface area (Å²) in [6.07, 6.45) is 0. The molecule has 0 atom stereocenters. The molecule has 0 radical (unpaired) electrons. The maximum absolute atomic E-state index is 9.65. The van der Waals surface area contributed by atoms with Gasteiger partial charge in [0.1, 0.15) is 0 Å². The summed E-state index contributed by atoms with van der Waals surface area (Å²) in [4.78, 5) is 3.86. The molecule has 5 heteroatoms. The van der Waals surface area contributed by atoms with E-state index < -0.39 is 0 Å². The molecule has 55 heavy (non-hydrogen) atoms. The zero-order valence-electron chi connectivity index (χ0n) is 29.5. The molecule has 5 nitrogen and oxygen atoms in total. The molecule has 0 fully saturated rings. The van der Waals surface area contributed by atoms with Gasteiger partial charge in [-0.1, -0.05) is 91.0 Å². The van der Waals surface area contributed by atoms with E-state index in [9.17, 15) is 5.26 Å². The van der Waals surface area contributed by atoms with Crippen LogP contribution in [0, 0.1) is 17.9 Å². The van der Waals surface area contributed by atoms with Gasteiger partial charge < -0.3 is 13.7 Å². The molecule has 0 N–H and O–H groups in total. The Morgan fingerprint density at radius 1 is 0.418 bits per heavy atom. The average molecular weight is 700 g/mol. The van der Waals surface area contributed by atoms with Crippen molar-refractivity contribution in [3.8, 4) is 34.3 Å². The molecule has 0 aliphatic carbocycles. The van der Waals surface area contributed by atoms with E-state index in [1.54, 1.807) is 0 Å². The number of rotatable bonds is 4. The Balaban J connectivity index is 1.14. The largest absolute Gasteiger partial charge is 0.309 e. The van der Waals surface area contributed by atoms with Gasteiger partial charge >= 0.3 is 0 Å². The summed E-state index contributed by atoms with van der Waals surface area (Å²) >= 11 is 0. The molecule has 11 aromatic rings. The number of nitriles is 1. The van der Waals surface area contributed by atoms with Crippen LogP contribution < -0.4 is 0 Å². The number of fused-ring (bicyclic) bond motifs is 10. The molecule has 254 valence electrons. The van der Waals surface area contributed by atoms with E-state index in [1.807, 2.05) is 24.3 Å². The smallest absolute Gasteiger partial charge is 0.188 e. The predicted molar refractivity (Wildman–Crippen MR) is 226 cm³/mol. The highest BCUT2D eigenvalue weighted by molar-refractivity contribution is 6.26. The van der Waals surface area contributed by atoms with Crippen molar-refractivity contribution in [3.05, 3.63) is 193 Å². The standard InChI is InChI=1S/C50H29N5/c1-52-35-22-25-47-43(30-35)49-48(26-23-41-39-17-5-8-20-45(39)55(50(41)49)36-13-3-2-4-14-36)54(47)38-16-10-12-34(29-38)33-11-9-15-37(28-33)53-44-19-7-6-18-40(44)42-27-32(31-51)21-24-46(42)53/h2-30H. The van der Waals surface area contributed by atoms with E-state index in [1.165, 1.54) is 10.8 Å². The van der Waals surface area contributed by atoms with Gasteiger partial charge in [-0.15, -0.1) is 0 Å². The fraction of sp³-hybridized carbons (Fsp3) is 0. The van der Waals surface area contributed by atoms with Gasteiger partial charge in [-0.05, 0) is 101 Å². The van der Waals surface area contributed by atoms with Crippen LogP contribution in [0.5, 0.6) is 0 Å². The molecular weight excluding hydrogens is 671 g/mol. The van der Waals surface area contributed by atoms with Gasteiger partial charge in [-0.2, -0.15) is 5.26 Å². The molecular formula is C50H29N5. The molecule has 0 spiro atoms. The first-order chi connectivity index (χ1) is 27.2. The third kappa shape index (κ3) is 4.51. The second kappa shape index (κ2) is 11.8. The zero-order chi connectivity index (χ0) is 36.6. The average Bonchev–Trinajstić information content (AvgIpc) is 3.89. The molecule has 0 saturated heterocycles. The molecule has 0 amide bonds. The third-order valence-corrected chi connectivity index (χ3v) is 11.0. The fourth-order valence-electron chi connectivity index (χ4n) is 8.71. The Morgan fingerprint density at radius 3 is 1.69 bits per heavy atom. The van der Waals surface area contributed by atoms with Crippen LogP contribution in [-0.4, -0.2) is 13.7 Å². The topological polar surface area (TPSA) is 42.9 Å². The lowest BCUT2D eigenvalue weighted by molar-refractivity contribution is 1.17. The van der Waals surface area contributed by atoms with Crippen LogP contribution in [0.15, 0.2) is 176 Å². The van der Waals surface area contributed by atoms with Gasteiger partial charge in [0, 0.05) is 44.0 Å². The van der Waals surface area contributed by atoms with Gasteiger partial charge in [0.15, 0.2) is 5.69 Å². The van der Waals surface area contributed by atoms with Gasteiger partial charge in [-0.25, -0.2) is 4.85 Å². The van der Waals surface area contributed by atoms with Crippen molar-refractivity contribution >= 4 is 71.1 Å². The Kier molecular flexibility index (Phi) is 6.61. The van der Waals surface area contributed by atoms with E-state index in [4.69, 9.17) is 6.57 Å². The van der Waals surface area contributed by atoms with E-state index >= 15 is 0 Å². The molecule has 0 aliphatic rings. The van der Waals surface area contributed by atoms with Crippen LogP contribution in [-0.2, 0) is 0 Å². The van der Waals surface area contributed by atoms with Crippen molar-refractivity contribution in [3.63, 3.8) is 0 Å². The van der Waals surface area contributed by atoms with Crippen molar-refractivity contribution in [2.75, 3.05) is 0 Å². The SMILES string of the molecule is [C-]#[N+]c1ccc2c(c1)c1c(ccc3c4ccccc4n(-c4ccccc4)c31)n2-c1cccc(-c2cccc(-n3c4ccccc4c4cc(C#N)ccc43)c2)c1. The quantitative estimate of drug-likeness (QED) is 0.169. The highest BCUT2D eigenvalue weighted by Gasteiger charge is 2.21. The summed E-state index contributed by atoms with van der Waals surface area (Å²) < 4.78 is 7.01. The molecule has 8 aromatic carbocycles. The minimum absolute atomic E-state index is 0.616. The van der Waals surface area contributed by atoms with Crippen molar-refractivity contribution in [1.82, 2.24) is 13.7 Å². The van der Waals surface area contributed by atoms with Crippen LogP contribution in [0.1, 0.15) is 5.56 Å². The first-order valence-corrected chi connectivity index (χ1v) is 18.3. The summed E-state index contributed by atoms with van der Waals surface area (Å²) in [5.74, 6) is 0. The van der Waals surface area contributed by atoms with E-state index in [0.29, 0.717) is 11.3 Å².